The minimum Gasteiger partial charge on any atom is -0.491 e. The van der Waals surface area contributed by atoms with E-state index in [4.69, 9.17) is 4.74 Å². The van der Waals surface area contributed by atoms with E-state index in [1.807, 2.05) is 0 Å². The van der Waals surface area contributed by atoms with Crippen molar-refractivity contribution in [2.75, 3.05) is 31.1 Å². The Morgan fingerprint density at radius 1 is 1.24 bits per heavy atom. The summed E-state index contributed by atoms with van der Waals surface area (Å²) < 4.78 is 5.88. The first kappa shape index (κ1) is 14.7. The van der Waals surface area contributed by atoms with Gasteiger partial charge in [-0.3, -0.25) is 0 Å². The first-order valence-corrected chi connectivity index (χ1v) is 8.58. The Bertz CT molecular complexity index is 449. The zero-order valence-electron chi connectivity index (χ0n) is 13.2. The molecule has 1 aliphatic heterocycles. The van der Waals surface area contributed by atoms with Gasteiger partial charge in [0.1, 0.15) is 5.75 Å². The van der Waals surface area contributed by atoms with Crippen molar-refractivity contribution < 1.29 is 4.74 Å². The third-order valence-corrected chi connectivity index (χ3v) is 4.81. The maximum Gasteiger partial charge on any atom is 0.142 e. The lowest BCUT2D eigenvalue weighted by molar-refractivity contribution is 0.322. The molecule has 0 spiro atoms. The largest absolute Gasteiger partial charge is 0.491 e. The molecule has 116 valence electrons. The van der Waals surface area contributed by atoms with Gasteiger partial charge in [0.05, 0.1) is 12.3 Å². The Balaban J connectivity index is 1.69. The second kappa shape index (κ2) is 7.17. The Hall–Kier alpha value is -1.22. The summed E-state index contributed by atoms with van der Waals surface area (Å²) in [6.07, 6.45) is 6.42. The first-order valence-electron chi connectivity index (χ1n) is 8.58. The number of anilines is 1. The fourth-order valence-corrected chi connectivity index (χ4v) is 3.72. The highest BCUT2D eigenvalue weighted by Crippen LogP contribution is 2.34. The predicted octanol–water partition coefficient (Wildman–Crippen LogP) is 3.44. The Kier molecular flexibility index (Phi) is 5.02. The van der Waals surface area contributed by atoms with Crippen molar-refractivity contribution in [3.8, 4) is 5.75 Å². The first-order chi connectivity index (χ1) is 10.4. The summed E-state index contributed by atoms with van der Waals surface area (Å²) in [5.41, 5.74) is 1.29. The van der Waals surface area contributed by atoms with Gasteiger partial charge in [0, 0.05) is 19.1 Å². The fourth-order valence-electron chi connectivity index (χ4n) is 3.72. The summed E-state index contributed by atoms with van der Waals surface area (Å²) in [6.45, 7) is 6.53. The van der Waals surface area contributed by atoms with Crippen LogP contribution in [0.2, 0.25) is 0 Å². The van der Waals surface area contributed by atoms with Crippen LogP contribution in [0.15, 0.2) is 24.3 Å². The van der Waals surface area contributed by atoms with Gasteiger partial charge in [-0.05, 0) is 50.3 Å². The van der Waals surface area contributed by atoms with Crippen molar-refractivity contribution in [2.24, 2.45) is 5.92 Å². The van der Waals surface area contributed by atoms with E-state index < -0.39 is 0 Å². The smallest absolute Gasteiger partial charge is 0.142 e. The number of rotatable bonds is 5. The van der Waals surface area contributed by atoms with Crippen LogP contribution in [0.25, 0.3) is 0 Å². The van der Waals surface area contributed by atoms with Crippen LogP contribution in [0.5, 0.6) is 5.75 Å². The molecule has 0 radical (unpaired) electrons. The molecule has 1 N–H and O–H groups in total. The fraction of sp³-hybridized carbons (Fsp3) is 0.667. The Morgan fingerprint density at radius 2 is 2.14 bits per heavy atom. The summed E-state index contributed by atoms with van der Waals surface area (Å²) in [4.78, 5) is 2.55. The van der Waals surface area contributed by atoms with Gasteiger partial charge in [0.15, 0.2) is 0 Å². The lowest BCUT2D eigenvalue weighted by Crippen LogP contribution is -2.40. The molecule has 1 heterocycles. The number of nitrogens with zero attached hydrogens (tertiary/aromatic N) is 1. The molecular formula is C18H28N2O. The van der Waals surface area contributed by atoms with Gasteiger partial charge >= 0.3 is 0 Å². The highest BCUT2D eigenvalue weighted by atomic mass is 16.5. The molecular weight excluding hydrogens is 260 g/mol. The molecule has 2 aliphatic rings. The molecule has 21 heavy (non-hydrogen) atoms. The summed E-state index contributed by atoms with van der Waals surface area (Å²) in [7, 11) is 0. The third kappa shape index (κ3) is 3.52. The highest BCUT2D eigenvalue weighted by molar-refractivity contribution is 5.59. The Labute approximate surface area is 128 Å². The van der Waals surface area contributed by atoms with Crippen molar-refractivity contribution >= 4 is 5.69 Å². The van der Waals surface area contributed by atoms with Gasteiger partial charge < -0.3 is 15.0 Å². The van der Waals surface area contributed by atoms with Crippen LogP contribution >= 0.6 is 0 Å². The van der Waals surface area contributed by atoms with Crippen LogP contribution in [-0.2, 0) is 0 Å². The van der Waals surface area contributed by atoms with Gasteiger partial charge in [0.2, 0.25) is 0 Å². The van der Waals surface area contributed by atoms with E-state index in [0.717, 1.165) is 37.8 Å². The highest BCUT2D eigenvalue weighted by Gasteiger charge is 2.29. The van der Waals surface area contributed by atoms with Gasteiger partial charge in [-0.15, -0.1) is 0 Å². The lowest BCUT2D eigenvalue weighted by Gasteiger charge is -2.30. The molecule has 0 bridgehead atoms. The van der Waals surface area contributed by atoms with E-state index in [0.29, 0.717) is 6.04 Å². The van der Waals surface area contributed by atoms with Gasteiger partial charge in [-0.25, -0.2) is 0 Å². The normalized spacial score (nSPS) is 25.3. The Morgan fingerprint density at radius 3 is 3.05 bits per heavy atom. The molecule has 2 unspecified atom stereocenters. The quantitative estimate of drug-likeness (QED) is 0.898. The molecule has 1 saturated carbocycles. The molecule has 1 aromatic carbocycles. The van der Waals surface area contributed by atoms with Crippen molar-refractivity contribution in [3.63, 3.8) is 0 Å². The van der Waals surface area contributed by atoms with Crippen LogP contribution in [-0.4, -0.2) is 32.3 Å². The summed E-state index contributed by atoms with van der Waals surface area (Å²) >= 11 is 0. The second-order valence-corrected chi connectivity index (χ2v) is 6.37. The van der Waals surface area contributed by atoms with Crippen LogP contribution in [0.1, 0.15) is 39.0 Å². The van der Waals surface area contributed by atoms with Crippen LogP contribution < -0.4 is 15.0 Å². The molecule has 0 amide bonds. The van der Waals surface area contributed by atoms with E-state index >= 15 is 0 Å². The minimum absolute atomic E-state index is 0.710. The van der Waals surface area contributed by atoms with Crippen molar-refractivity contribution in [2.45, 2.75) is 45.1 Å². The maximum atomic E-state index is 5.88. The zero-order chi connectivity index (χ0) is 14.5. The van der Waals surface area contributed by atoms with E-state index in [9.17, 15) is 0 Å². The van der Waals surface area contributed by atoms with Crippen molar-refractivity contribution in [1.29, 1.82) is 0 Å². The second-order valence-electron chi connectivity index (χ2n) is 6.37. The molecule has 1 fully saturated rings. The number of ether oxygens (including phenoxy) is 1. The van der Waals surface area contributed by atoms with Crippen molar-refractivity contribution in [1.82, 2.24) is 5.32 Å². The van der Waals surface area contributed by atoms with Crippen molar-refractivity contribution in [3.05, 3.63) is 24.3 Å². The van der Waals surface area contributed by atoms with E-state index in [1.165, 1.54) is 37.9 Å². The maximum absolute atomic E-state index is 5.88. The van der Waals surface area contributed by atoms with Crippen LogP contribution in [0.4, 0.5) is 5.69 Å². The van der Waals surface area contributed by atoms with E-state index in [1.54, 1.807) is 0 Å². The average Bonchev–Trinajstić information content (AvgIpc) is 2.85. The molecule has 3 rings (SSSR count). The number of fused-ring (bicyclic) bond motifs is 1. The van der Waals surface area contributed by atoms with E-state index in [-0.39, 0.29) is 0 Å². The molecule has 1 aliphatic carbocycles. The summed E-state index contributed by atoms with van der Waals surface area (Å²) in [5.74, 6) is 1.84. The van der Waals surface area contributed by atoms with Gasteiger partial charge in [-0.2, -0.15) is 0 Å². The number of hydrogen-bond donors (Lipinski definition) is 1. The lowest BCUT2D eigenvalue weighted by atomic mass is 10.0. The minimum atomic E-state index is 0.710. The number of benzene rings is 1. The summed E-state index contributed by atoms with van der Waals surface area (Å²) in [5, 5.41) is 3.75. The number of para-hydroxylation sites is 2. The monoisotopic (exact) mass is 288 g/mol. The molecule has 2 atom stereocenters. The standard InChI is InChI=1S/C18H28N2O/c1-2-11-19-16-8-5-7-15(16)14-20-12-6-13-21-18-10-4-3-9-17(18)20/h3-4,9-10,15-16,19H,2,5-8,11-14H2,1H3. The zero-order valence-corrected chi connectivity index (χ0v) is 13.2. The molecule has 0 aromatic heterocycles. The molecule has 3 heteroatoms. The molecule has 1 aromatic rings. The number of nitrogens with one attached hydrogen (secondary N) is 1. The topological polar surface area (TPSA) is 24.5 Å². The van der Waals surface area contributed by atoms with Gasteiger partial charge in [-0.1, -0.05) is 25.5 Å². The van der Waals surface area contributed by atoms with Gasteiger partial charge in [0.25, 0.3) is 0 Å². The molecule has 0 saturated heterocycles. The van der Waals surface area contributed by atoms with E-state index in [2.05, 4.69) is 41.4 Å². The van der Waals surface area contributed by atoms with Crippen LogP contribution in [0.3, 0.4) is 0 Å². The average molecular weight is 288 g/mol. The SMILES string of the molecule is CCCNC1CCCC1CN1CCCOc2ccccc21. The van der Waals surface area contributed by atoms with Crippen LogP contribution in [0, 0.1) is 5.92 Å². The summed E-state index contributed by atoms with van der Waals surface area (Å²) in [6, 6.07) is 9.23. The molecule has 3 nitrogen and oxygen atoms in total. The predicted molar refractivity (Wildman–Crippen MR) is 88.2 cm³/mol. The number of hydrogen-bond acceptors (Lipinski definition) is 3. The third-order valence-electron chi connectivity index (χ3n) is 4.81.